The zero-order valence-electron chi connectivity index (χ0n) is 11.0. The summed E-state index contributed by atoms with van der Waals surface area (Å²) in [6.45, 7) is 1.21. The summed E-state index contributed by atoms with van der Waals surface area (Å²) in [5.74, 6) is -0.0293. The van der Waals surface area contributed by atoms with Crippen molar-refractivity contribution in [3.63, 3.8) is 0 Å². The first kappa shape index (κ1) is 13.8. The average molecular weight is 276 g/mol. The Morgan fingerprint density at radius 3 is 2.67 bits per heavy atom. The molecule has 2 atom stereocenters. The van der Waals surface area contributed by atoms with Crippen LogP contribution in [0.5, 0.6) is 0 Å². The zero-order valence-corrected chi connectivity index (χ0v) is 11.9. The number of carbonyl (C=O) groups excluding carboxylic acids is 1. The predicted octanol–water partition coefficient (Wildman–Crippen LogP) is -0.485. The summed E-state index contributed by atoms with van der Waals surface area (Å²) in [5.41, 5.74) is -0.690. The normalized spacial score (nSPS) is 33.2. The van der Waals surface area contributed by atoms with Crippen molar-refractivity contribution in [2.75, 3.05) is 40.0 Å². The van der Waals surface area contributed by atoms with Crippen LogP contribution in [0.2, 0.25) is 0 Å². The van der Waals surface area contributed by atoms with E-state index in [1.807, 2.05) is 0 Å². The van der Waals surface area contributed by atoms with Crippen LogP contribution in [0.25, 0.3) is 0 Å². The third-order valence-electron chi connectivity index (χ3n) is 3.88. The number of hydrogen-bond donors (Lipinski definition) is 0. The van der Waals surface area contributed by atoms with Gasteiger partial charge in [-0.3, -0.25) is 4.79 Å². The third-order valence-corrected chi connectivity index (χ3v) is 5.13. The quantitative estimate of drug-likeness (QED) is 0.683. The van der Waals surface area contributed by atoms with Crippen LogP contribution >= 0.6 is 0 Å². The molecular weight excluding hydrogens is 256 g/mol. The number of carbonyl (C=O) groups is 1. The van der Waals surface area contributed by atoms with Gasteiger partial charge in [0.15, 0.2) is 0 Å². The topological polar surface area (TPSA) is 66.9 Å². The lowest BCUT2D eigenvalue weighted by atomic mass is 9.76. The Morgan fingerprint density at radius 2 is 2.11 bits per heavy atom. The van der Waals surface area contributed by atoms with Gasteiger partial charge in [0.25, 0.3) is 0 Å². The number of hydrogen-bond acceptors (Lipinski definition) is 4. The van der Waals surface area contributed by atoms with Gasteiger partial charge in [0, 0.05) is 33.8 Å². The van der Waals surface area contributed by atoms with Crippen molar-refractivity contribution >= 4 is 15.9 Å². The fraction of sp³-hybridized carbons (Fsp3) is 0.909. The summed E-state index contributed by atoms with van der Waals surface area (Å²) in [7, 11) is 0.146. The molecule has 2 heterocycles. The molecule has 0 aromatic heterocycles. The van der Waals surface area contributed by atoms with E-state index in [2.05, 4.69) is 0 Å². The van der Waals surface area contributed by atoms with E-state index in [-0.39, 0.29) is 18.6 Å². The van der Waals surface area contributed by atoms with Crippen molar-refractivity contribution in [2.45, 2.75) is 18.9 Å². The Hall–Kier alpha value is -0.660. The number of amides is 1. The maximum atomic E-state index is 12.4. The van der Waals surface area contributed by atoms with E-state index < -0.39 is 15.4 Å². The monoisotopic (exact) mass is 276 g/mol. The highest BCUT2D eigenvalue weighted by atomic mass is 32.2. The van der Waals surface area contributed by atoms with Gasteiger partial charge in [0.1, 0.15) is 0 Å². The fourth-order valence-electron chi connectivity index (χ4n) is 2.94. The van der Waals surface area contributed by atoms with E-state index in [0.717, 1.165) is 0 Å². The number of nitrogens with zero attached hydrogens (tertiary/aromatic N) is 2. The molecule has 18 heavy (non-hydrogen) atoms. The first-order valence-corrected chi connectivity index (χ1v) is 7.91. The van der Waals surface area contributed by atoms with Gasteiger partial charge >= 0.3 is 0 Å². The van der Waals surface area contributed by atoms with Crippen molar-refractivity contribution in [1.82, 2.24) is 9.21 Å². The Bertz CT molecular complexity index is 448. The van der Waals surface area contributed by atoms with Gasteiger partial charge in [0.2, 0.25) is 15.9 Å². The molecule has 0 radical (unpaired) electrons. The van der Waals surface area contributed by atoms with Crippen LogP contribution in [0.3, 0.4) is 0 Å². The highest BCUT2D eigenvalue weighted by Gasteiger charge is 2.55. The second-order valence-corrected chi connectivity index (χ2v) is 7.33. The van der Waals surface area contributed by atoms with E-state index in [1.165, 1.54) is 15.5 Å². The third kappa shape index (κ3) is 2.15. The number of sulfonamides is 1. The van der Waals surface area contributed by atoms with Crippen LogP contribution in [0.4, 0.5) is 0 Å². The molecule has 7 heteroatoms. The first-order chi connectivity index (χ1) is 8.27. The van der Waals surface area contributed by atoms with Gasteiger partial charge in [-0.1, -0.05) is 0 Å². The lowest BCUT2D eigenvalue weighted by Crippen LogP contribution is -2.57. The molecule has 2 fully saturated rings. The maximum Gasteiger partial charge on any atom is 0.232 e. The van der Waals surface area contributed by atoms with Crippen LogP contribution in [-0.4, -0.2) is 69.7 Å². The molecule has 0 unspecified atom stereocenters. The summed E-state index contributed by atoms with van der Waals surface area (Å²) < 4.78 is 30.4. The lowest BCUT2D eigenvalue weighted by Gasteiger charge is -2.42. The summed E-state index contributed by atoms with van der Waals surface area (Å²) in [6, 6.07) is 0. The van der Waals surface area contributed by atoms with E-state index >= 15 is 0 Å². The van der Waals surface area contributed by atoms with E-state index in [1.54, 1.807) is 14.1 Å². The second-order valence-electron chi connectivity index (χ2n) is 5.35. The molecule has 0 N–H and O–H groups in total. The maximum absolute atomic E-state index is 12.4. The molecule has 0 aromatic rings. The highest BCUT2D eigenvalue weighted by Crippen LogP contribution is 2.42. The van der Waals surface area contributed by atoms with Crippen LogP contribution in [-0.2, 0) is 19.6 Å². The fourth-order valence-corrected chi connectivity index (χ4v) is 3.84. The number of piperidine rings is 1. The summed E-state index contributed by atoms with van der Waals surface area (Å²) in [4.78, 5) is 13.9. The molecule has 1 amide bonds. The molecule has 2 saturated heterocycles. The lowest BCUT2D eigenvalue weighted by molar-refractivity contribution is -0.146. The molecule has 0 saturated carbocycles. The number of ether oxygens (including phenoxy) is 1. The molecule has 6 nitrogen and oxygen atoms in total. The molecule has 2 aliphatic heterocycles. The molecule has 0 spiro atoms. The summed E-state index contributed by atoms with van der Waals surface area (Å²) in [6.07, 6.45) is 2.23. The largest absolute Gasteiger partial charge is 0.377 e. The van der Waals surface area contributed by atoms with Gasteiger partial charge in [-0.05, 0) is 12.8 Å². The average Bonchev–Trinajstić information content (AvgIpc) is 2.70. The number of rotatable bonds is 2. The number of fused-ring (bicyclic) bond motifs is 1. The molecule has 0 aromatic carbocycles. The molecule has 2 aliphatic rings. The molecule has 0 bridgehead atoms. The SMILES string of the molecule is CN(C)C(=O)[C@@]12CCO[C@@H]1CCN(S(C)(=O)=O)C2. The van der Waals surface area contributed by atoms with E-state index in [4.69, 9.17) is 4.74 Å². The van der Waals surface area contributed by atoms with E-state index in [0.29, 0.717) is 26.0 Å². The zero-order chi connectivity index (χ0) is 13.6. The Labute approximate surface area is 108 Å². The van der Waals surface area contributed by atoms with Crippen molar-refractivity contribution in [2.24, 2.45) is 5.41 Å². The molecule has 0 aliphatic carbocycles. The van der Waals surface area contributed by atoms with Gasteiger partial charge in [0.05, 0.1) is 17.8 Å². The van der Waals surface area contributed by atoms with Gasteiger partial charge in [-0.25, -0.2) is 12.7 Å². The van der Waals surface area contributed by atoms with Crippen molar-refractivity contribution in [3.8, 4) is 0 Å². The van der Waals surface area contributed by atoms with Crippen LogP contribution in [0.15, 0.2) is 0 Å². The van der Waals surface area contributed by atoms with Crippen LogP contribution in [0, 0.1) is 5.41 Å². The predicted molar refractivity (Wildman–Crippen MR) is 66.5 cm³/mol. The second kappa shape index (κ2) is 4.47. The standard InChI is InChI=1S/C11H20N2O4S/c1-12(2)10(14)11-5-7-17-9(11)4-6-13(8-11)18(3,15)16/h9H,4-8H2,1-3H3/t9-,11-/m1/s1. The molecule has 104 valence electrons. The van der Waals surface area contributed by atoms with Crippen molar-refractivity contribution in [1.29, 1.82) is 0 Å². The molecular formula is C11H20N2O4S. The summed E-state index contributed by atoms with van der Waals surface area (Å²) in [5, 5.41) is 0. The smallest absolute Gasteiger partial charge is 0.232 e. The van der Waals surface area contributed by atoms with Gasteiger partial charge in [-0.2, -0.15) is 0 Å². The van der Waals surface area contributed by atoms with Gasteiger partial charge < -0.3 is 9.64 Å². The van der Waals surface area contributed by atoms with E-state index in [9.17, 15) is 13.2 Å². The van der Waals surface area contributed by atoms with Crippen molar-refractivity contribution < 1.29 is 17.9 Å². The minimum atomic E-state index is -3.25. The highest BCUT2D eigenvalue weighted by molar-refractivity contribution is 7.88. The Balaban J connectivity index is 2.31. The minimum Gasteiger partial charge on any atom is -0.377 e. The van der Waals surface area contributed by atoms with Crippen molar-refractivity contribution in [3.05, 3.63) is 0 Å². The summed E-state index contributed by atoms with van der Waals surface area (Å²) >= 11 is 0. The minimum absolute atomic E-state index is 0.0293. The van der Waals surface area contributed by atoms with Crippen LogP contribution < -0.4 is 0 Å². The first-order valence-electron chi connectivity index (χ1n) is 6.06. The Kier molecular flexibility index (Phi) is 3.42. The van der Waals surface area contributed by atoms with Crippen LogP contribution in [0.1, 0.15) is 12.8 Å². The molecule has 2 rings (SSSR count). The van der Waals surface area contributed by atoms with Gasteiger partial charge in [-0.15, -0.1) is 0 Å². The Morgan fingerprint density at radius 1 is 1.44 bits per heavy atom.